The van der Waals surface area contributed by atoms with Crippen LogP contribution in [0.3, 0.4) is 0 Å². The summed E-state index contributed by atoms with van der Waals surface area (Å²) in [6.07, 6.45) is 1.70. The summed E-state index contributed by atoms with van der Waals surface area (Å²) in [4.78, 5) is 15.2. The summed E-state index contributed by atoms with van der Waals surface area (Å²) in [5.74, 6) is 0.856. The first-order chi connectivity index (χ1) is 8.90. The minimum absolute atomic E-state index is 0.856. The lowest BCUT2D eigenvalue weighted by molar-refractivity contribution is 1.33. The molecule has 0 aliphatic carbocycles. The number of aromatic nitrogens is 4. The molecule has 0 saturated carbocycles. The summed E-state index contributed by atoms with van der Waals surface area (Å²) in [5, 5.41) is 0. The number of rotatable bonds is 1. The van der Waals surface area contributed by atoms with Crippen LogP contribution < -0.4 is 0 Å². The summed E-state index contributed by atoms with van der Waals surface area (Å²) < 4.78 is 0. The average Bonchev–Trinajstić information content (AvgIpc) is 3.04. The Bertz CT molecular complexity index is 808. The van der Waals surface area contributed by atoms with Crippen molar-refractivity contribution in [3.63, 3.8) is 0 Å². The summed E-state index contributed by atoms with van der Waals surface area (Å²) in [6, 6.07) is 14.8. The maximum Gasteiger partial charge on any atom is 0.138 e. The van der Waals surface area contributed by atoms with Crippen LogP contribution in [0.25, 0.3) is 33.5 Å². The molecule has 0 atom stereocenters. The number of aromatic amines is 2. The molecule has 1 radical (unpaired) electrons. The van der Waals surface area contributed by atoms with Gasteiger partial charge in [0, 0.05) is 5.56 Å². The molecule has 18 heavy (non-hydrogen) atoms. The van der Waals surface area contributed by atoms with Gasteiger partial charge in [0.2, 0.25) is 0 Å². The molecule has 2 N–H and O–H groups in total. The zero-order valence-electron chi connectivity index (χ0n) is 9.44. The summed E-state index contributed by atoms with van der Waals surface area (Å²) in [7, 11) is 0. The van der Waals surface area contributed by atoms with Crippen LogP contribution in [0.15, 0.2) is 42.7 Å². The van der Waals surface area contributed by atoms with Gasteiger partial charge in [-0.05, 0) is 36.4 Å². The Balaban J connectivity index is 1.94. The molecule has 2 heterocycles. The fourth-order valence-electron chi connectivity index (χ4n) is 2.11. The third kappa shape index (κ3) is 1.32. The Labute approximate surface area is 103 Å². The number of nitrogens with zero attached hydrogens (tertiary/aromatic N) is 2. The molecule has 0 bridgehead atoms. The SMILES string of the molecule is [c]1ccc2nc(-c3ccc4[nH]cnc4c3)[nH]c2c1. The highest BCUT2D eigenvalue weighted by atomic mass is 14.9. The smallest absolute Gasteiger partial charge is 0.138 e. The molecule has 0 spiro atoms. The minimum atomic E-state index is 0.856. The fourth-order valence-corrected chi connectivity index (χ4v) is 2.11. The highest BCUT2D eigenvalue weighted by Gasteiger charge is 2.06. The van der Waals surface area contributed by atoms with Crippen LogP contribution in [-0.2, 0) is 0 Å². The van der Waals surface area contributed by atoms with Gasteiger partial charge in [0.15, 0.2) is 0 Å². The molecule has 4 aromatic rings. The van der Waals surface area contributed by atoms with Gasteiger partial charge in [0.05, 0.1) is 28.4 Å². The van der Waals surface area contributed by atoms with E-state index in [9.17, 15) is 0 Å². The van der Waals surface area contributed by atoms with Gasteiger partial charge in [-0.3, -0.25) is 0 Å². The van der Waals surface area contributed by atoms with Crippen LogP contribution in [0, 0.1) is 6.07 Å². The van der Waals surface area contributed by atoms with E-state index in [2.05, 4.69) is 26.0 Å². The standard InChI is InChI=1S/C14H9N4/c1-2-4-12-11(3-1)17-14(18-12)9-5-6-10-13(7-9)16-8-15-10/h1,3-8H,(H,15,16)(H,17,18). The van der Waals surface area contributed by atoms with E-state index >= 15 is 0 Å². The van der Waals surface area contributed by atoms with Gasteiger partial charge in [-0.25, -0.2) is 9.97 Å². The van der Waals surface area contributed by atoms with Crippen molar-refractivity contribution < 1.29 is 0 Å². The quantitative estimate of drug-likeness (QED) is 0.531. The van der Waals surface area contributed by atoms with Crippen molar-refractivity contribution >= 4 is 22.1 Å². The van der Waals surface area contributed by atoms with Crippen LogP contribution in [0.5, 0.6) is 0 Å². The molecule has 0 unspecified atom stereocenters. The predicted molar refractivity (Wildman–Crippen MR) is 70.0 cm³/mol. The molecule has 4 nitrogen and oxygen atoms in total. The van der Waals surface area contributed by atoms with Gasteiger partial charge in [-0.2, -0.15) is 0 Å². The van der Waals surface area contributed by atoms with E-state index in [1.807, 2.05) is 36.4 Å². The van der Waals surface area contributed by atoms with Gasteiger partial charge >= 0.3 is 0 Å². The van der Waals surface area contributed by atoms with E-state index in [1.54, 1.807) is 6.33 Å². The summed E-state index contributed by atoms with van der Waals surface area (Å²) in [6.45, 7) is 0. The van der Waals surface area contributed by atoms with Crippen LogP contribution in [0.1, 0.15) is 0 Å². The molecule has 0 fully saturated rings. The van der Waals surface area contributed by atoms with Crippen molar-refractivity contribution in [2.24, 2.45) is 0 Å². The van der Waals surface area contributed by atoms with Crippen molar-refractivity contribution in [3.05, 3.63) is 48.8 Å². The largest absolute Gasteiger partial charge is 0.345 e. The summed E-state index contributed by atoms with van der Waals surface area (Å²) >= 11 is 0. The molecular weight excluding hydrogens is 224 g/mol. The number of benzene rings is 2. The normalized spacial score (nSPS) is 11.3. The van der Waals surface area contributed by atoms with Gasteiger partial charge in [-0.1, -0.05) is 6.07 Å². The zero-order chi connectivity index (χ0) is 11.9. The maximum atomic E-state index is 4.56. The summed E-state index contributed by atoms with van der Waals surface area (Å²) in [5.41, 5.74) is 4.95. The van der Waals surface area contributed by atoms with Gasteiger partial charge in [-0.15, -0.1) is 0 Å². The van der Waals surface area contributed by atoms with Gasteiger partial charge < -0.3 is 9.97 Å². The molecule has 2 aromatic carbocycles. The molecule has 0 aliphatic rings. The maximum absolute atomic E-state index is 4.56. The lowest BCUT2D eigenvalue weighted by Crippen LogP contribution is -1.80. The average molecular weight is 233 g/mol. The number of nitrogens with one attached hydrogen (secondary N) is 2. The second-order valence-corrected chi connectivity index (χ2v) is 4.16. The van der Waals surface area contributed by atoms with E-state index < -0.39 is 0 Å². The number of hydrogen-bond acceptors (Lipinski definition) is 2. The monoisotopic (exact) mass is 233 g/mol. The molecule has 0 saturated heterocycles. The first-order valence-corrected chi connectivity index (χ1v) is 5.69. The molecule has 2 aromatic heterocycles. The first kappa shape index (κ1) is 9.41. The third-order valence-corrected chi connectivity index (χ3v) is 3.02. The lowest BCUT2D eigenvalue weighted by atomic mass is 10.2. The highest BCUT2D eigenvalue weighted by Crippen LogP contribution is 2.22. The molecule has 85 valence electrons. The first-order valence-electron chi connectivity index (χ1n) is 5.69. The van der Waals surface area contributed by atoms with Gasteiger partial charge in [0.1, 0.15) is 5.82 Å². The van der Waals surface area contributed by atoms with Crippen LogP contribution in [0.2, 0.25) is 0 Å². The molecule has 4 rings (SSSR count). The van der Waals surface area contributed by atoms with E-state index in [1.165, 1.54) is 0 Å². The Kier molecular flexibility index (Phi) is 1.80. The predicted octanol–water partition coefficient (Wildman–Crippen LogP) is 2.91. The molecule has 4 heteroatoms. The number of imidazole rings is 2. The van der Waals surface area contributed by atoms with Crippen molar-refractivity contribution in [2.45, 2.75) is 0 Å². The Morgan fingerprint density at radius 2 is 2.06 bits per heavy atom. The number of H-pyrrole nitrogens is 2. The molecular formula is C14H9N4. The van der Waals surface area contributed by atoms with E-state index in [-0.39, 0.29) is 0 Å². The zero-order valence-corrected chi connectivity index (χ0v) is 9.44. The van der Waals surface area contributed by atoms with Crippen LogP contribution in [0.4, 0.5) is 0 Å². The lowest BCUT2D eigenvalue weighted by Gasteiger charge is -1.95. The van der Waals surface area contributed by atoms with E-state index in [0.717, 1.165) is 33.5 Å². The molecule has 0 aliphatic heterocycles. The number of fused-ring (bicyclic) bond motifs is 2. The Hall–Kier alpha value is -2.62. The van der Waals surface area contributed by atoms with Crippen LogP contribution in [-0.4, -0.2) is 19.9 Å². The van der Waals surface area contributed by atoms with Crippen molar-refractivity contribution in [1.29, 1.82) is 0 Å². The fraction of sp³-hybridized carbons (Fsp3) is 0. The van der Waals surface area contributed by atoms with E-state index in [0.29, 0.717) is 0 Å². The van der Waals surface area contributed by atoms with Crippen LogP contribution >= 0.6 is 0 Å². The van der Waals surface area contributed by atoms with Crippen molar-refractivity contribution in [2.75, 3.05) is 0 Å². The number of hydrogen-bond donors (Lipinski definition) is 2. The topological polar surface area (TPSA) is 57.4 Å². The highest BCUT2D eigenvalue weighted by molar-refractivity contribution is 5.83. The Morgan fingerprint density at radius 3 is 3.00 bits per heavy atom. The second-order valence-electron chi connectivity index (χ2n) is 4.16. The van der Waals surface area contributed by atoms with Crippen molar-refractivity contribution in [1.82, 2.24) is 19.9 Å². The van der Waals surface area contributed by atoms with E-state index in [4.69, 9.17) is 0 Å². The Morgan fingerprint density at radius 1 is 1.06 bits per heavy atom. The van der Waals surface area contributed by atoms with Gasteiger partial charge in [0.25, 0.3) is 0 Å². The third-order valence-electron chi connectivity index (χ3n) is 3.02. The second kappa shape index (κ2) is 3.43. The molecule has 0 amide bonds. The minimum Gasteiger partial charge on any atom is -0.345 e. The van der Waals surface area contributed by atoms with Crippen molar-refractivity contribution in [3.8, 4) is 11.4 Å².